The van der Waals surface area contributed by atoms with Crippen molar-refractivity contribution in [1.82, 2.24) is 0 Å². The number of amides is 1. The zero-order chi connectivity index (χ0) is 14.5. The molecule has 0 fully saturated rings. The van der Waals surface area contributed by atoms with Crippen LogP contribution in [-0.4, -0.2) is 17.6 Å². The zero-order valence-electron chi connectivity index (χ0n) is 12.2. The number of aliphatic hydroxyl groups is 1. The first kappa shape index (κ1) is 14.9. The molecular formula is C16H23NO3. The molecule has 0 aliphatic carbocycles. The van der Waals surface area contributed by atoms with Crippen LogP contribution in [0.3, 0.4) is 0 Å². The Bertz CT molecular complexity index is 467. The molecule has 110 valence electrons. The highest BCUT2D eigenvalue weighted by molar-refractivity contribution is 5.95. The third-order valence-corrected chi connectivity index (χ3v) is 3.74. The Kier molecular flexibility index (Phi) is 5.01. The van der Waals surface area contributed by atoms with Gasteiger partial charge in [-0.05, 0) is 36.5 Å². The van der Waals surface area contributed by atoms with Gasteiger partial charge in [-0.3, -0.25) is 4.79 Å². The van der Waals surface area contributed by atoms with E-state index in [-0.39, 0.29) is 18.4 Å². The van der Waals surface area contributed by atoms with Crippen LogP contribution < -0.4 is 10.1 Å². The molecule has 0 aromatic heterocycles. The highest BCUT2D eigenvalue weighted by atomic mass is 16.5. The SMILES string of the molecule is CCCC(CCC)C(O)c1ccc2c(c1)NC(=O)CO2. The quantitative estimate of drug-likeness (QED) is 0.839. The molecule has 4 nitrogen and oxygen atoms in total. The molecular weight excluding hydrogens is 254 g/mol. The van der Waals surface area contributed by atoms with Gasteiger partial charge in [0.1, 0.15) is 5.75 Å². The molecule has 1 aromatic carbocycles. The predicted octanol–water partition coefficient (Wildman–Crippen LogP) is 3.27. The minimum atomic E-state index is -0.487. The molecule has 2 N–H and O–H groups in total. The van der Waals surface area contributed by atoms with Crippen LogP contribution in [0, 0.1) is 5.92 Å². The molecule has 1 atom stereocenters. The van der Waals surface area contributed by atoms with Gasteiger partial charge in [0.2, 0.25) is 0 Å². The van der Waals surface area contributed by atoms with Crippen molar-refractivity contribution in [3.8, 4) is 5.75 Å². The number of carbonyl (C=O) groups excluding carboxylic acids is 1. The number of hydrogen-bond donors (Lipinski definition) is 2. The van der Waals surface area contributed by atoms with E-state index in [9.17, 15) is 9.90 Å². The molecule has 1 unspecified atom stereocenters. The molecule has 0 radical (unpaired) electrons. The van der Waals surface area contributed by atoms with E-state index in [4.69, 9.17) is 4.74 Å². The summed E-state index contributed by atoms with van der Waals surface area (Å²) in [5.41, 5.74) is 1.51. The summed E-state index contributed by atoms with van der Waals surface area (Å²) in [7, 11) is 0. The van der Waals surface area contributed by atoms with E-state index in [1.807, 2.05) is 18.2 Å². The number of carbonyl (C=O) groups is 1. The summed E-state index contributed by atoms with van der Waals surface area (Å²) in [6, 6.07) is 5.54. The van der Waals surface area contributed by atoms with Crippen LogP contribution >= 0.6 is 0 Å². The van der Waals surface area contributed by atoms with Crippen LogP contribution in [0.5, 0.6) is 5.75 Å². The maximum atomic E-state index is 11.3. The molecule has 1 aliphatic rings. The van der Waals surface area contributed by atoms with E-state index in [1.165, 1.54) is 0 Å². The molecule has 0 bridgehead atoms. The van der Waals surface area contributed by atoms with Gasteiger partial charge in [0.15, 0.2) is 6.61 Å². The van der Waals surface area contributed by atoms with E-state index >= 15 is 0 Å². The van der Waals surface area contributed by atoms with Crippen molar-refractivity contribution in [2.75, 3.05) is 11.9 Å². The van der Waals surface area contributed by atoms with E-state index < -0.39 is 6.10 Å². The van der Waals surface area contributed by atoms with E-state index in [0.717, 1.165) is 31.2 Å². The van der Waals surface area contributed by atoms with E-state index in [1.54, 1.807) is 0 Å². The number of rotatable bonds is 6. The molecule has 2 rings (SSSR count). The Morgan fingerprint density at radius 3 is 2.65 bits per heavy atom. The Balaban J connectivity index is 2.19. The van der Waals surface area contributed by atoms with E-state index in [0.29, 0.717) is 11.4 Å². The lowest BCUT2D eigenvalue weighted by Crippen LogP contribution is -2.25. The van der Waals surface area contributed by atoms with Crippen LogP contribution in [-0.2, 0) is 4.79 Å². The van der Waals surface area contributed by atoms with Crippen molar-refractivity contribution >= 4 is 11.6 Å². The minimum Gasteiger partial charge on any atom is -0.482 e. The van der Waals surface area contributed by atoms with Crippen molar-refractivity contribution in [2.24, 2.45) is 5.92 Å². The molecule has 4 heteroatoms. The second kappa shape index (κ2) is 6.75. The van der Waals surface area contributed by atoms with Crippen LogP contribution in [0.2, 0.25) is 0 Å². The molecule has 20 heavy (non-hydrogen) atoms. The average Bonchev–Trinajstić information content (AvgIpc) is 2.45. The Morgan fingerprint density at radius 1 is 1.30 bits per heavy atom. The van der Waals surface area contributed by atoms with Gasteiger partial charge in [0.05, 0.1) is 11.8 Å². The van der Waals surface area contributed by atoms with Crippen molar-refractivity contribution < 1.29 is 14.6 Å². The van der Waals surface area contributed by atoms with Gasteiger partial charge in [-0.25, -0.2) is 0 Å². The third kappa shape index (κ3) is 3.31. The molecule has 1 aliphatic heterocycles. The van der Waals surface area contributed by atoms with E-state index in [2.05, 4.69) is 19.2 Å². The van der Waals surface area contributed by atoms with Gasteiger partial charge in [-0.15, -0.1) is 0 Å². The highest BCUT2D eigenvalue weighted by Gasteiger charge is 2.22. The molecule has 1 amide bonds. The molecule has 1 heterocycles. The standard InChI is InChI=1S/C16H23NO3/c1-3-5-11(6-4-2)16(19)12-7-8-14-13(9-12)17-15(18)10-20-14/h7-9,11,16,19H,3-6,10H2,1-2H3,(H,17,18). The van der Waals surface area contributed by atoms with Crippen molar-refractivity contribution in [3.63, 3.8) is 0 Å². The third-order valence-electron chi connectivity index (χ3n) is 3.74. The highest BCUT2D eigenvalue weighted by Crippen LogP contribution is 2.35. The predicted molar refractivity (Wildman–Crippen MR) is 78.8 cm³/mol. The lowest BCUT2D eigenvalue weighted by molar-refractivity contribution is -0.118. The fourth-order valence-corrected chi connectivity index (χ4v) is 2.76. The number of ether oxygens (including phenoxy) is 1. The summed E-state index contributed by atoms with van der Waals surface area (Å²) in [5, 5.41) is 13.3. The van der Waals surface area contributed by atoms with Gasteiger partial charge in [-0.2, -0.15) is 0 Å². The summed E-state index contributed by atoms with van der Waals surface area (Å²) in [6.07, 6.45) is 3.65. The summed E-state index contributed by atoms with van der Waals surface area (Å²) < 4.78 is 5.33. The van der Waals surface area contributed by atoms with Gasteiger partial charge in [0.25, 0.3) is 5.91 Å². The van der Waals surface area contributed by atoms with Gasteiger partial charge in [0, 0.05) is 0 Å². The number of fused-ring (bicyclic) bond motifs is 1. The van der Waals surface area contributed by atoms with Crippen molar-refractivity contribution in [1.29, 1.82) is 0 Å². The zero-order valence-corrected chi connectivity index (χ0v) is 12.2. The number of hydrogen-bond acceptors (Lipinski definition) is 3. The van der Waals surface area contributed by atoms with Crippen LogP contribution in [0.4, 0.5) is 5.69 Å². The topological polar surface area (TPSA) is 58.6 Å². The minimum absolute atomic E-state index is 0.0587. The maximum Gasteiger partial charge on any atom is 0.262 e. The fraction of sp³-hybridized carbons (Fsp3) is 0.562. The number of benzene rings is 1. The first-order valence-electron chi connectivity index (χ1n) is 7.40. The smallest absolute Gasteiger partial charge is 0.262 e. The monoisotopic (exact) mass is 277 g/mol. The Morgan fingerprint density at radius 2 is 2.00 bits per heavy atom. The van der Waals surface area contributed by atoms with Crippen LogP contribution in [0.1, 0.15) is 51.2 Å². The molecule has 1 aromatic rings. The summed E-state index contributed by atoms with van der Waals surface area (Å²) >= 11 is 0. The second-order valence-corrected chi connectivity index (χ2v) is 5.37. The number of aliphatic hydroxyl groups excluding tert-OH is 1. The lowest BCUT2D eigenvalue weighted by atomic mass is 9.88. The average molecular weight is 277 g/mol. The van der Waals surface area contributed by atoms with Crippen LogP contribution in [0.25, 0.3) is 0 Å². The Hall–Kier alpha value is -1.55. The molecule has 0 spiro atoms. The molecule has 0 saturated heterocycles. The maximum absolute atomic E-state index is 11.3. The van der Waals surface area contributed by atoms with Crippen molar-refractivity contribution in [2.45, 2.75) is 45.6 Å². The number of anilines is 1. The second-order valence-electron chi connectivity index (χ2n) is 5.37. The largest absolute Gasteiger partial charge is 0.482 e. The molecule has 0 saturated carbocycles. The number of nitrogens with one attached hydrogen (secondary N) is 1. The summed E-state index contributed by atoms with van der Waals surface area (Å²) in [6.45, 7) is 4.33. The van der Waals surface area contributed by atoms with Gasteiger partial charge in [-0.1, -0.05) is 32.8 Å². The Labute approximate surface area is 120 Å². The van der Waals surface area contributed by atoms with Gasteiger partial charge >= 0.3 is 0 Å². The summed E-state index contributed by atoms with van der Waals surface area (Å²) in [4.78, 5) is 11.3. The fourth-order valence-electron chi connectivity index (χ4n) is 2.76. The normalized spacial score (nSPS) is 15.5. The summed E-state index contributed by atoms with van der Waals surface area (Å²) in [5.74, 6) is 0.786. The van der Waals surface area contributed by atoms with Crippen molar-refractivity contribution in [3.05, 3.63) is 23.8 Å². The first-order chi connectivity index (χ1) is 9.65. The lowest BCUT2D eigenvalue weighted by Gasteiger charge is -2.24. The van der Waals surface area contributed by atoms with Gasteiger partial charge < -0.3 is 15.2 Å². The van der Waals surface area contributed by atoms with Crippen LogP contribution in [0.15, 0.2) is 18.2 Å². The first-order valence-corrected chi connectivity index (χ1v) is 7.40.